The average molecular weight is 247 g/mol. The van der Waals surface area contributed by atoms with Gasteiger partial charge in [-0.15, -0.1) is 0 Å². The molecule has 0 aliphatic carbocycles. The van der Waals surface area contributed by atoms with Crippen LogP contribution in [0.5, 0.6) is 0 Å². The molecule has 0 aromatic heterocycles. The number of rotatable bonds is 5. The van der Waals surface area contributed by atoms with E-state index in [2.05, 4.69) is 0 Å². The number of hydrogen-bond donors (Lipinski definition) is 3. The Bertz CT molecular complexity index is 319. The third kappa shape index (κ3) is 5.86. The minimum atomic E-state index is -1.60. The molecule has 98 valence electrons. The molecule has 4 N–H and O–H groups in total. The van der Waals surface area contributed by atoms with E-state index in [1.165, 1.54) is 0 Å². The van der Waals surface area contributed by atoms with E-state index < -0.39 is 41.9 Å². The summed E-state index contributed by atoms with van der Waals surface area (Å²) < 4.78 is 4.93. The van der Waals surface area contributed by atoms with Gasteiger partial charge in [0.1, 0.15) is 11.6 Å². The van der Waals surface area contributed by atoms with Crippen LogP contribution < -0.4 is 5.73 Å². The number of aliphatic carboxylic acids is 2. The van der Waals surface area contributed by atoms with Crippen LogP contribution in [-0.4, -0.2) is 39.8 Å². The van der Waals surface area contributed by atoms with Crippen LogP contribution in [0.25, 0.3) is 0 Å². The highest BCUT2D eigenvalue weighted by molar-refractivity contribution is 5.86. The SMILES string of the molecule is CC(C)(C)OC(=O)C(CC(=O)O)[C@H](N)C(=O)O. The van der Waals surface area contributed by atoms with E-state index in [1.807, 2.05) is 0 Å². The number of carbonyl (C=O) groups is 3. The van der Waals surface area contributed by atoms with Crippen molar-refractivity contribution in [2.75, 3.05) is 0 Å². The highest BCUT2D eigenvalue weighted by Gasteiger charge is 2.35. The Morgan fingerprint density at radius 1 is 1.24 bits per heavy atom. The summed E-state index contributed by atoms with van der Waals surface area (Å²) in [5.41, 5.74) is 4.44. The van der Waals surface area contributed by atoms with Crippen LogP contribution in [0, 0.1) is 5.92 Å². The number of ether oxygens (including phenoxy) is 1. The zero-order valence-corrected chi connectivity index (χ0v) is 9.97. The smallest absolute Gasteiger partial charge is 0.321 e. The average Bonchev–Trinajstić information content (AvgIpc) is 2.09. The molecule has 0 aromatic carbocycles. The lowest BCUT2D eigenvalue weighted by Gasteiger charge is -2.24. The molecule has 0 fully saturated rings. The molecule has 0 heterocycles. The molecular weight excluding hydrogens is 230 g/mol. The van der Waals surface area contributed by atoms with Crippen LogP contribution in [0.3, 0.4) is 0 Å². The minimum absolute atomic E-state index is 0.678. The first-order chi connectivity index (χ1) is 7.54. The maximum atomic E-state index is 11.6. The fourth-order valence-corrected chi connectivity index (χ4v) is 1.09. The van der Waals surface area contributed by atoms with Gasteiger partial charge in [0.2, 0.25) is 0 Å². The molecule has 7 nitrogen and oxygen atoms in total. The molecule has 0 radical (unpaired) electrons. The number of carbonyl (C=O) groups excluding carboxylic acids is 1. The van der Waals surface area contributed by atoms with Crippen LogP contribution in [0.15, 0.2) is 0 Å². The van der Waals surface area contributed by atoms with E-state index in [0.29, 0.717) is 0 Å². The van der Waals surface area contributed by atoms with E-state index in [-0.39, 0.29) is 0 Å². The summed E-state index contributed by atoms with van der Waals surface area (Å²) >= 11 is 0. The highest BCUT2D eigenvalue weighted by atomic mass is 16.6. The van der Waals surface area contributed by atoms with E-state index >= 15 is 0 Å². The molecule has 1 unspecified atom stereocenters. The molecule has 0 aromatic rings. The number of hydrogen-bond acceptors (Lipinski definition) is 5. The van der Waals surface area contributed by atoms with Crippen LogP contribution in [0.4, 0.5) is 0 Å². The maximum Gasteiger partial charge on any atom is 0.321 e. The van der Waals surface area contributed by atoms with E-state index in [1.54, 1.807) is 20.8 Å². The molecule has 0 amide bonds. The Hall–Kier alpha value is -1.63. The number of carboxylic acids is 2. The number of esters is 1. The Kier molecular flexibility index (Phi) is 5.09. The van der Waals surface area contributed by atoms with Crippen molar-refractivity contribution in [3.05, 3.63) is 0 Å². The van der Waals surface area contributed by atoms with Crippen LogP contribution in [0.2, 0.25) is 0 Å². The van der Waals surface area contributed by atoms with Crippen molar-refractivity contribution in [1.82, 2.24) is 0 Å². The van der Waals surface area contributed by atoms with Gasteiger partial charge in [0.25, 0.3) is 0 Å². The van der Waals surface area contributed by atoms with E-state index in [9.17, 15) is 14.4 Å². The van der Waals surface area contributed by atoms with Gasteiger partial charge in [0, 0.05) is 0 Å². The van der Waals surface area contributed by atoms with Crippen molar-refractivity contribution < 1.29 is 29.3 Å². The summed E-state index contributed by atoms with van der Waals surface area (Å²) in [5.74, 6) is -5.07. The minimum Gasteiger partial charge on any atom is -0.481 e. The topological polar surface area (TPSA) is 127 Å². The van der Waals surface area contributed by atoms with Crippen LogP contribution >= 0.6 is 0 Å². The maximum absolute atomic E-state index is 11.6. The molecule has 17 heavy (non-hydrogen) atoms. The fraction of sp³-hybridized carbons (Fsp3) is 0.700. The summed E-state index contributed by atoms with van der Waals surface area (Å²) in [4.78, 5) is 32.8. The Balaban J connectivity index is 4.86. The van der Waals surface area contributed by atoms with Gasteiger partial charge >= 0.3 is 17.9 Å². The van der Waals surface area contributed by atoms with E-state index in [0.717, 1.165) is 0 Å². The van der Waals surface area contributed by atoms with Gasteiger partial charge in [0.05, 0.1) is 12.3 Å². The molecule has 0 spiro atoms. The second-order valence-electron chi connectivity index (χ2n) is 4.60. The molecule has 0 rings (SSSR count). The van der Waals surface area contributed by atoms with Crippen molar-refractivity contribution >= 4 is 17.9 Å². The first-order valence-corrected chi connectivity index (χ1v) is 4.97. The number of carboxylic acid groups (broad SMARTS) is 2. The van der Waals surface area contributed by atoms with Crippen molar-refractivity contribution in [3.63, 3.8) is 0 Å². The van der Waals surface area contributed by atoms with Gasteiger partial charge < -0.3 is 20.7 Å². The normalized spacial score (nSPS) is 14.8. The van der Waals surface area contributed by atoms with Gasteiger partial charge in [-0.1, -0.05) is 0 Å². The van der Waals surface area contributed by atoms with Crippen molar-refractivity contribution in [2.45, 2.75) is 38.8 Å². The lowest BCUT2D eigenvalue weighted by atomic mass is 9.96. The molecule has 0 bridgehead atoms. The summed E-state index contributed by atoms with van der Waals surface area (Å²) in [5, 5.41) is 17.3. The molecule has 0 saturated carbocycles. The Labute approximate surface area is 98.6 Å². The van der Waals surface area contributed by atoms with Crippen LogP contribution in [0.1, 0.15) is 27.2 Å². The standard InChI is InChI=1S/C10H17NO6/c1-10(2,3)17-9(16)5(4-6(12)13)7(11)8(14)15/h5,7H,4,11H2,1-3H3,(H,12,13)(H,14,15)/t5?,7-/m0/s1. The Morgan fingerprint density at radius 2 is 1.71 bits per heavy atom. The highest BCUT2D eigenvalue weighted by Crippen LogP contribution is 2.16. The van der Waals surface area contributed by atoms with Gasteiger partial charge in [-0.3, -0.25) is 14.4 Å². The summed E-state index contributed by atoms with van der Waals surface area (Å²) in [6.07, 6.45) is -0.678. The molecule has 7 heteroatoms. The summed E-state index contributed by atoms with van der Waals surface area (Å²) in [7, 11) is 0. The molecule has 0 aliphatic heterocycles. The summed E-state index contributed by atoms with van der Waals surface area (Å²) in [6.45, 7) is 4.78. The molecular formula is C10H17NO6. The molecule has 0 saturated heterocycles. The Morgan fingerprint density at radius 3 is 2.00 bits per heavy atom. The predicted molar refractivity (Wildman–Crippen MR) is 57.2 cm³/mol. The van der Waals surface area contributed by atoms with Gasteiger partial charge in [0.15, 0.2) is 0 Å². The second-order valence-corrected chi connectivity index (χ2v) is 4.60. The third-order valence-electron chi connectivity index (χ3n) is 1.82. The quantitative estimate of drug-likeness (QED) is 0.575. The van der Waals surface area contributed by atoms with E-state index in [4.69, 9.17) is 20.7 Å². The van der Waals surface area contributed by atoms with Gasteiger partial charge in [-0.05, 0) is 20.8 Å². The molecule has 0 aliphatic rings. The second kappa shape index (κ2) is 5.62. The van der Waals surface area contributed by atoms with Crippen molar-refractivity contribution in [2.24, 2.45) is 11.7 Å². The van der Waals surface area contributed by atoms with Crippen LogP contribution in [-0.2, 0) is 19.1 Å². The molecule has 2 atom stereocenters. The van der Waals surface area contributed by atoms with Gasteiger partial charge in [-0.2, -0.15) is 0 Å². The lowest BCUT2D eigenvalue weighted by molar-refractivity contribution is -0.166. The summed E-state index contributed by atoms with van der Waals surface area (Å²) in [6, 6.07) is -1.60. The van der Waals surface area contributed by atoms with Crippen molar-refractivity contribution in [3.8, 4) is 0 Å². The van der Waals surface area contributed by atoms with Crippen molar-refractivity contribution in [1.29, 1.82) is 0 Å². The van der Waals surface area contributed by atoms with Gasteiger partial charge in [-0.25, -0.2) is 0 Å². The fourth-order valence-electron chi connectivity index (χ4n) is 1.09. The largest absolute Gasteiger partial charge is 0.481 e. The predicted octanol–water partition coefficient (Wildman–Crippen LogP) is -0.169. The first-order valence-electron chi connectivity index (χ1n) is 4.97. The zero-order chi connectivity index (χ0) is 13.8. The monoisotopic (exact) mass is 247 g/mol. The first kappa shape index (κ1) is 15.4. The zero-order valence-electron chi connectivity index (χ0n) is 9.97. The number of nitrogens with two attached hydrogens (primary N) is 1. The lowest BCUT2D eigenvalue weighted by Crippen LogP contribution is -2.45. The third-order valence-corrected chi connectivity index (χ3v) is 1.82.